The molecule has 0 spiro atoms. The van der Waals surface area contributed by atoms with E-state index in [1.54, 1.807) is 19.1 Å². The molecule has 5 nitrogen and oxygen atoms in total. The number of ether oxygens (including phenoxy) is 2. The normalized spacial score (nSPS) is 11.7. The van der Waals surface area contributed by atoms with Crippen molar-refractivity contribution in [1.82, 2.24) is 5.32 Å². The van der Waals surface area contributed by atoms with Crippen molar-refractivity contribution in [3.8, 4) is 11.5 Å². The maximum atomic E-state index is 11.5. The molecule has 1 aromatic carbocycles. The van der Waals surface area contributed by atoms with Gasteiger partial charge in [-0.15, -0.1) is 0 Å². The molecule has 0 saturated carbocycles. The van der Waals surface area contributed by atoms with Gasteiger partial charge in [-0.05, 0) is 26.0 Å². The molecule has 5 heteroatoms. The first-order chi connectivity index (χ1) is 8.67. The van der Waals surface area contributed by atoms with Crippen molar-refractivity contribution in [3.05, 3.63) is 24.3 Å². The molecule has 0 aromatic heterocycles. The van der Waals surface area contributed by atoms with Crippen molar-refractivity contribution < 1.29 is 19.4 Å². The number of carbonyl (C=O) groups is 1. The molecular weight excluding hydrogens is 234 g/mol. The van der Waals surface area contributed by atoms with Crippen LogP contribution in [0.25, 0.3) is 0 Å². The number of para-hydroxylation sites is 2. The Balaban J connectivity index is 2.50. The third-order valence-corrected chi connectivity index (χ3v) is 2.19. The highest BCUT2D eigenvalue weighted by Crippen LogP contribution is 2.26. The van der Waals surface area contributed by atoms with E-state index in [2.05, 4.69) is 5.32 Å². The predicted octanol–water partition coefficient (Wildman–Crippen LogP) is 0.961. The fraction of sp³-hybridized carbons (Fsp3) is 0.462. The molecule has 100 valence electrons. The largest absolute Gasteiger partial charge is 0.490 e. The van der Waals surface area contributed by atoms with Gasteiger partial charge >= 0.3 is 0 Å². The van der Waals surface area contributed by atoms with E-state index in [0.717, 1.165) is 0 Å². The van der Waals surface area contributed by atoms with E-state index < -0.39 is 0 Å². The van der Waals surface area contributed by atoms with Gasteiger partial charge in [0.15, 0.2) is 18.1 Å². The fourth-order valence-electron chi connectivity index (χ4n) is 1.35. The number of rotatable bonds is 7. The van der Waals surface area contributed by atoms with E-state index in [1.807, 2.05) is 19.1 Å². The zero-order chi connectivity index (χ0) is 13.4. The lowest BCUT2D eigenvalue weighted by Gasteiger charge is -2.13. The smallest absolute Gasteiger partial charge is 0.258 e. The topological polar surface area (TPSA) is 67.8 Å². The lowest BCUT2D eigenvalue weighted by atomic mass is 10.3. The number of aliphatic hydroxyl groups is 1. The van der Waals surface area contributed by atoms with Crippen molar-refractivity contribution in [1.29, 1.82) is 0 Å². The van der Waals surface area contributed by atoms with Gasteiger partial charge in [-0.1, -0.05) is 12.1 Å². The van der Waals surface area contributed by atoms with Crippen LogP contribution in [0.1, 0.15) is 13.8 Å². The van der Waals surface area contributed by atoms with Crippen LogP contribution in [0.2, 0.25) is 0 Å². The number of hydrogen-bond acceptors (Lipinski definition) is 4. The Morgan fingerprint density at radius 1 is 1.33 bits per heavy atom. The second kappa shape index (κ2) is 7.55. The maximum absolute atomic E-state index is 11.5. The van der Waals surface area contributed by atoms with E-state index in [0.29, 0.717) is 18.1 Å². The highest BCUT2D eigenvalue weighted by atomic mass is 16.5. The Morgan fingerprint density at radius 3 is 2.50 bits per heavy atom. The molecule has 2 N–H and O–H groups in total. The quantitative estimate of drug-likeness (QED) is 0.759. The van der Waals surface area contributed by atoms with E-state index in [9.17, 15) is 4.79 Å². The summed E-state index contributed by atoms with van der Waals surface area (Å²) in [5.41, 5.74) is 0. The van der Waals surface area contributed by atoms with Gasteiger partial charge < -0.3 is 19.9 Å². The Bertz CT molecular complexity index is 381. The molecule has 0 bridgehead atoms. The van der Waals surface area contributed by atoms with Crippen LogP contribution < -0.4 is 14.8 Å². The number of benzene rings is 1. The molecule has 1 aromatic rings. The second-order valence-electron chi connectivity index (χ2n) is 3.82. The summed E-state index contributed by atoms with van der Waals surface area (Å²) in [6.45, 7) is 3.93. The van der Waals surface area contributed by atoms with Gasteiger partial charge in [0.05, 0.1) is 13.2 Å². The first kappa shape index (κ1) is 14.3. The van der Waals surface area contributed by atoms with Crippen LogP contribution in [0.5, 0.6) is 11.5 Å². The Hall–Kier alpha value is -1.75. The first-order valence-corrected chi connectivity index (χ1v) is 5.92. The molecule has 0 aliphatic carbocycles. The summed E-state index contributed by atoms with van der Waals surface area (Å²) < 4.78 is 10.8. The summed E-state index contributed by atoms with van der Waals surface area (Å²) in [4.78, 5) is 11.5. The van der Waals surface area contributed by atoms with Gasteiger partial charge in [0, 0.05) is 6.04 Å². The standard InChI is InChI=1S/C13H19NO4/c1-3-17-11-6-4-5-7-12(11)18-9-13(16)14-10(2)8-15/h4-7,10,15H,3,8-9H2,1-2H3,(H,14,16)/t10-/m1/s1. The van der Waals surface area contributed by atoms with Crippen molar-refractivity contribution in [3.63, 3.8) is 0 Å². The minimum absolute atomic E-state index is 0.0960. The van der Waals surface area contributed by atoms with Gasteiger partial charge in [0.25, 0.3) is 5.91 Å². The number of amides is 1. The molecule has 0 heterocycles. The Morgan fingerprint density at radius 2 is 1.94 bits per heavy atom. The summed E-state index contributed by atoms with van der Waals surface area (Å²) >= 11 is 0. The molecule has 0 radical (unpaired) electrons. The third kappa shape index (κ3) is 4.63. The third-order valence-electron chi connectivity index (χ3n) is 2.19. The van der Waals surface area contributed by atoms with Crippen LogP contribution in [-0.4, -0.2) is 36.9 Å². The summed E-state index contributed by atoms with van der Waals surface area (Å²) in [5, 5.41) is 11.4. The monoisotopic (exact) mass is 253 g/mol. The second-order valence-corrected chi connectivity index (χ2v) is 3.82. The zero-order valence-corrected chi connectivity index (χ0v) is 10.7. The van der Waals surface area contributed by atoms with Gasteiger partial charge in [0.2, 0.25) is 0 Å². The highest BCUT2D eigenvalue weighted by molar-refractivity contribution is 5.77. The van der Waals surface area contributed by atoms with E-state index in [1.165, 1.54) is 0 Å². The highest BCUT2D eigenvalue weighted by Gasteiger charge is 2.09. The van der Waals surface area contributed by atoms with Crippen LogP contribution in [0.15, 0.2) is 24.3 Å². The molecule has 0 aliphatic rings. The van der Waals surface area contributed by atoms with Crippen molar-refractivity contribution >= 4 is 5.91 Å². The summed E-state index contributed by atoms with van der Waals surface area (Å²) in [5.74, 6) is 0.872. The maximum Gasteiger partial charge on any atom is 0.258 e. The van der Waals surface area contributed by atoms with Crippen molar-refractivity contribution in [2.24, 2.45) is 0 Å². The van der Waals surface area contributed by atoms with Gasteiger partial charge in [-0.2, -0.15) is 0 Å². The summed E-state index contributed by atoms with van der Waals surface area (Å²) in [6, 6.07) is 6.90. The van der Waals surface area contributed by atoms with Gasteiger partial charge in [-0.3, -0.25) is 4.79 Å². The van der Waals surface area contributed by atoms with Crippen LogP contribution in [0.3, 0.4) is 0 Å². The molecule has 1 rings (SSSR count). The SMILES string of the molecule is CCOc1ccccc1OCC(=O)N[C@H](C)CO. The van der Waals surface area contributed by atoms with Crippen molar-refractivity contribution in [2.45, 2.75) is 19.9 Å². The van der Waals surface area contributed by atoms with Crippen LogP contribution in [-0.2, 0) is 4.79 Å². The van der Waals surface area contributed by atoms with E-state index in [-0.39, 0.29) is 25.2 Å². The minimum Gasteiger partial charge on any atom is -0.490 e. The van der Waals surface area contributed by atoms with Gasteiger partial charge in [0.1, 0.15) is 0 Å². The molecule has 1 atom stereocenters. The summed E-state index contributed by atoms with van der Waals surface area (Å²) in [7, 11) is 0. The molecule has 18 heavy (non-hydrogen) atoms. The molecular formula is C13H19NO4. The zero-order valence-electron chi connectivity index (χ0n) is 10.7. The van der Waals surface area contributed by atoms with Crippen LogP contribution in [0.4, 0.5) is 0 Å². The average molecular weight is 253 g/mol. The number of carbonyl (C=O) groups excluding carboxylic acids is 1. The van der Waals surface area contributed by atoms with Crippen LogP contribution >= 0.6 is 0 Å². The number of hydrogen-bond donors (Lipinski definition) is 2. The lowest BCUT2D eigenvalue weighted by molar-refractivity contribution is -0.124. The van der Waals surface area contributed by atoms with Crippen LogP contribution in [0, 0.1) is 0 Å². The summed E-state index contributed by atoms with van der Waals surface area (Å²) in [6.07, 6.45) is 0. The van der Waals surface area contributed by atoms with Gasteiger partial charge in [-0.25, -0.2) is 0 Å². The average Bonchev–Trinajstić information content (AvgIpc) is 2.38. The minimum atomic E-state index is -0.275. The Kier molecular flexibility index (Phi) is 6.00. The number of nitrogens with one attached hydrogen (secondary N) is 1. The Labute approximate surface area is 107 Å². The molecule has 1 amide bonds. The lowest BCUT2D eigenvalue weighted by Crippen LogP contribution is -2.38. The van der Waals surface area contributed by atoms with Crippen molar-refractivity contribution in [2.75, 3.05) is 19.8 Å². The fourth-order valence-corrected chi connectivity index (χ4v) is 1.35. The van der Waals surface area contributed by atoms with E-state index >= 15 is 0 Å². The molecule has 0 saturated heterocycles. The first-order valence-electron chi connectivity index (χ1n) is 5.92. The predicted molar refractivity (Wildman–Crippen MR) is 67.8 cm³/mol. The molecule has 0 fully saturated rings. The molecule has 0 unspecified atom stereocenters. The number of aliphatic hydroxyl groups excluding tert-OH is 1. The van der Waals surface area contributed by atoms with E-state index in [4.69, 9.17) is 14.6 Å². The molecule has 0 aliphatic heterocycles.